The van der Waals surface area contributed by atoms with Crippen LogP contribution < -0.4 is 16.4 Å². The van der Waals surface area contributed by atoms with Gasteiger partial charge < -0.3 is 50.9 Å². The third kappa shape index (κ3) is 13.8. The third-order valence-corrected chi connectivity index (χ3v) is 14.7. The predicted molar refractivity (Wildman–Crippen MR) is 209 cm³/mol. The Hall–Kier alpha value is -2.00. The van der Waals surface area contributed by atoms with Gasteiger partial charge in [0.2, 0.25) is 16.9 Å². The number of aliphatic hydroxyl groups excluding tert-OH is 2. The SMILES string of the molecule is CC(C)(COP(=O)(O)OP(=O)(O)OCC1OC(C)(n2cnc3c(N)ncnc32)C(O)C1OP(=O)(O)O)C(O)C(=O)NCCC(=O)NCCSC(=O)C=C1SCCCS1. The van der Waals surface area contributed by atoms with Gasteiger partial charge in [-0.25, -0.2) is 28.6 Å². The van der Waals surface area contributed by atoms with Gasteiger partial charge >= 0.3 is 23.5 Å². The van der Waals surface area contributed by atoms with Crippen LogP contribution in [-0.2, 0) is 56.4 Å². The number of thioether (sulfide) groups is 3. The molecule has 0 saturated carbocycles. The molecular weight excluding hydrogens is 895 g/mol. The molecule has 326 valence electrons. The first-order valence-electron chi connectivity index (χ1n) is 17.0. The molecule has 2 aromatic heterocycles. The Morgan fingerprint density at radius 1 is 1.10 bits per heavy atom. The molecule has 2 saturated heterocycles. The van der Waals surface area contributed by atoms with E-state index in [4.69, 9.17) is 24.0 Å². The normalized spacial score (nSPS) is 24.2. The van der Waals surface area contributed by atoms with E-state index in [0.29, 0.717) is 5.75 Å². The van der Waals surface area contributed by atoms with E-state index < -0.39 is 84.1 Å². The number of aromatic nitrogens is 4. The van der Waals surface area contributed by atoms with Gasteiger partial charge in [0.25, 0.3) is 0 Å². The molecule has 7 atom stereocenters. The van der Waals surface area contributed by atoms with Crippen LogP contribution in [0.1, 0.15) is 33.6 Å². The first-order chi connectivity index (χ1) is 26.9. The number of nitrogens with one attached hydrogen (secondary N) is 2. The van der Waals surface area contributed by atoms with Crippen LogP contribution >= 0.6 is 58.8 Å². The molecule has 0 aromatic carbocycles. The van der Waals surface area contributed by atoms with Crippen molar-refractivity contribution in [2.24, 2.45) is 5.41 Å². The van der Waals surface area contributed by atoms with Crippen molar-refractivity contribution in [3.05, 3.63) is 23.0 Å². The molecule has 4 rings (SSSR count). The summed E-state index contributed by atoms with van der Waals surface area (Å²) in [5, 5.41) is 26.6. The van der Waals surface area contributed by atoms with Gasteiger partial charge in [-0.3, -0.25) is 32.5 Å². The smallest absolute Gasteiger partial charge is 0.385 e. The van der Waals surface area contributed by atoms with Crippen molar-refractivity contribution in [2.45, 2.75) is 63.8 Å². The number of carbonyl (C=O) groups is 3. The first-order valence-corrected chi connectivity index (χ1v) is 24.5. The maximum Gasteiger partial charge on any atom is 0.481 e. The number of ether oxygens (including phenoxy) is 1. The van der Waals surface area contributed by atoms with Crippen LogP contribution in [0.2, 0.25) is 0 Å². The zero-order valence-electron chi connectivity index (χ0n) is 31.0. The number of fused-ring (bicyclic) bond motifs is 1. The van der Waals surface area contributed by atoms with Crippen molar-refractivity contribution in [2.75, 3.05) is 49.3 Å². The van der Waals surface area contributed by atoms with Gasteiger partial charge in [-0.1, -0.05) is 25.6 Å². The molecule has 2 aromatic rings. The number of nitrogen functional groups attached to an aromatic ring is 1. The van der Waals surface area contributed by atoms with Gasteiger partial charge in [-0.15, -0.1) is 23.5 Å². The average molecular weight is 940 g/mol. The minimum Gasteiger partial charge on any atom is -0.385 e. The Labute approximate surface area is 343 Å². The molecule has 10 N–H and O–H groups in total. The molecule has 7 unspecified atom stereocenters. The standard InChI is InChI=1S/C28H44N7O17P3S3/c1-27(2,23(39)26(40)31-6-5-17(36)30-7-10-56-18(37)11-19-57-8-4-9-58-19)13-49-55(46,47)52-54(44,45)48-12-16-21(51-53(41,42)43)22(38)28(3,50-16)35-15-34-20-24(29)32-14-33-25(20)35/h11,14-16,21-23,38-39H,4-10,12-13H2,1-3H3,(H,30,36)(H,31,40)(H,44,45)(H,46,47)(H2,29,32,33)(H2,41,42,43). The number of rotatable bonds is 20. The Morgan fingerprint density at radius 3 is 2.45 bits per heavy atom. The number of phosphoric acid groups is 3. The Balaban J connectivity index is 1.24. The lowest BCUT2D eigenvalue weighted by Gasteiger charge is -2.30. The second kappa shape index (κ2) is 20.2. The highest BCUT2D eigenvalue weighted by Crippen LogP contribution is 2.61. The number of phosphoric ester groups is 3. The highest BCUT2D eigenvalue weighted by Gasteiger charge is 2.57. The topological polar surface area (TPSA) is 364 Å². The molecular formula is C28H44N7O17P3S3. The molecule has 0 spiro atoms. The minimum absolute atomic E-state index is 0.0196. The molecule has 0 radical (unpaired) electrons. The number of carbonyl (C=O) groups excluding carboxylic acids is 3. The van der Waals surface area contributed by atoms with E-state index in [1.807, 2.05) is 0 Å². The Kier molecular flexibility index (Phi) is 17.0. The van der Waals surface area contributed by atoms with Crippen molar-refractivity contribution in [3.8, 4) is 0 Å². The summed E-state index contributed by atoms with van der Waals surface area (Å²) in [6.45, 7) is 1.73. The number of hydrogen-bond acceptors (Lipinski definition) is 20. The summed E-state index contributed by atoms with van der Waals surface area (Å²) < 4.78 is 63.7. The zero-order chi connectivity index (χ0) is 43.1. The molecule has 58 heavy (non-hydrogen) atoms. The maximum absolute atomic E-state index is 12.8. The molecule has 0 aliphatic carbocycles. The van der Waals surface area contributed by atoms with Gasteiger partial charge in [-0.2, -0.15) is 4.31 Å². The van der Waals surface area contributed by atoms with Crippen molar-refractivity contribution < 1.29 is 80.5 Å². The summed E-state index contributed by atoms with van der Waals surface area (Å²) in [4.78, 5) is 88.2. The van der Waals surface area contributed by atoms with Crippen LogP contribution in [-0.4, -0.2) is 134 Å². The van der Waals surface area contributed by atoms with E-state index in [1.165, 1.54) is 20.8 Å². The van der Waals surface area contributed by atoms with Crippen LogP contribution in [0.3, 0.4) is 0 Å². The lowest BCUT2D eigenvalue weighted by Crippen LogP contribution is -2.46. The van der Waals surface area contributed by atoms with Crippen LogP contribution in [0.5, 0.6) is 0 Å². The van der Waals surface area contributed by atoms with Gasteiger partial charge in [0.05, 0.1) is 19.5 Å². The molecule has 2 aliphatic heterocycles. The van der Waals surface area contributed by atoms with Crippen molar-refractivity contribution in [1.29, 1.82) is 0 Å². The number of nitrogens with zero attached hydrogens (tertiary/aromatic N) is 4. The number of amides is 2. The number of aliphatic hydroxyl groups is 2. The second-order valence-electron chi connectivity index (χ2n) is 13.3. The van der Waals surface area contributed by atoms with Crippen LogP contribution in [0.25, 0.3) is 11.2 Å². The average Bonchev–Trinajstić information content (AvgIpc) is 3.68. The van der Waals surface area contributed by atoms with Crippen LogP contribution in [0.15, 0.2) is 23.0 Å². The number of imidazole rings is 1. The second-order valence-corrected chi connectivity index (χ2v) is 21.2. The van der Waals surface area contributed by atoms with E-state index in [-0.39, 0.29) is 41.6 Å². The quantitative estimate of drug-likeness (QED) is 0.0497. The number of hydrogen-bond donors (Lipinski definition) is 9. The molecule has 2 fully saturated rings. The molecule has 24 nitrogen and oxygen atoms in total. The summed E-state index contributed by atoms with van der Waals surface area (Å²) >= 11 is 4.33. The molecule has 2 aliphatic rings. The largest absolute Gasteiger partial charge is 0.481 e. The minimum atomic E-state index is -5.59. The molecule has 4 heterocycles. The highest BCUT2D eigenvalue weighted by molar-refractivity contribution is 8.23. The third-order valence-electron chi connectivity index (χ3n) is 8.24. The summed E-state index contributed by atoms with van der Waals surface area (Å²) in [5.41, 5.74) is 2.31. The molecule has 2 amide bonds. The van der Waals surface area contributed by atoms with E-state index in [9.17, 15) is 57.9 Å². The van der Waals surface area contributed by atoms with Crippen molar-refractivity contribution >= 4 is 92.7 Å². The van der Waals surface area contributed by atoms with Gasteiger partial charge in [-0.05, 0) is 24.9 Å². The van der Waals surface area contributed by atoms with Crippen molar-refractivity contribution in [3.63, 3.8) is 0 Å². The van der Waals surface area contributed by atoms with Crippen LogP contribution in [0.4, 0.5) is 5.82 Å². The number of nitrogens with two attached hydrogens (primary N) is 1. The lowest BCUT2D eigenvalue weighted by atomic mass is 9.87. The number of anilines is 1. The van der Waals surface area contributed by atoms with E-state index in [2.05, 4.69) is 29.9 Å². The lowest BCUT2D eigenvalue weighted by molar-refractivity contribution is -0.137. The fraction of sp³-hybridized carbons (Fsp3) is 0.643. The van der Waals surface area contributed by atoms with Gasteiger partial charge in [0.15, 0.2) is 17.2 Å². The first kappa shape index (κ1) is 48.7. The zero-order valence-corrected chi connectivity index (χ0v) is 36.1. The molecule has 0 bridgehead atoms. The summed E-state index contributed by atoms with van der Waals surface area (Å²) in [5.74, 6) is 0.823. The highest BCUT2D eigenvalue weighted by atomic mass is 32.2. The summed E-state index contributed by atoms with van der Waals surface area (Å²) in [6, 6.07) is 0. The van der Waals surface area contributed by atoms with E-state index >= 15 is 0 Å². The Bertz CT molecular complexity index is 1980. The van der Waals surface area contributed by atoms with Crippen molar-refractivity contribution in [1.82, 2.24) is 30.2 Å². The predicted octanol–water partition coefficient (Wildman–Crippen LogP) is 0.550. The van der Waals surface area contributed by atoms with Gasteiger partial charge in [0, 0.05) is 41.0 Å². The van der Waals surface area contributed by atoms with E-state index in [0.717, 1.165) is 51.1 Å². The monoisotopic (exact) mass is 939 g/mol. The Morgan fingerprint density at radius 2 is 1.78 bits per heavy atom. The van der Waals surface area contributed by atoms with E-state index in [1.54, 1.807) is 29.6 Å². The fourth-order valence-corrected chi connectivity index (χ4v) is 11.2. The summed E-state index contributed by atoms with van der Waals surface area (Å²) in [7, 11) is -16.5. The maximum atomic E-state index is 12.8. The fourth-order valence-electron chi connectivity index (χ4n) is 5.26. The summed E-state index contributed by atoms with van der Waals surface area (Å²) in [6.07, 6.45) is -2.82. The van der Waals surface area contributed by atoms with Crippen LogP contribution in [0, 0.1) is 5.41 Å². The van der Waals surface area contributed by atoms with Gasteiger partial charge in [0.1, 0.15) is 36.3 Å². The molecule has 30 heteroatoms.